The summed E-state index contributed by atoms with van der Waals surface area (Å²) in [7, 11) is 0. The lowest BCUT2D eigenvalue weighted by molar-refractivity contribution is 0.614. The van der Waals surface area contributed by atoms with Crippen molar-refractivity contribution in [1.82, 2.24) is 15.0 Å². The van der Waals surface area contributed by atoms with E-state index in [0.29, 0.717) is 12.5 Å². The molecule has 0 saturated carbocycles. The molecule has 0 aromatic carbocycles. The lowest BCUT2D eigenvalue weighted by atomic mass is 10.3. The number of pyridine rings is 1. The standard InChI is InChI=1S/C10H9FN4/c11-8-5-13-10(14-6-8)15-7-9-3-1-2-4-12-9/h1-6H,7H2,(H,13,14,15). The second kappa shape index (κ2) is 4.45. The molecule has 0 saturated heterocycles. The van der Waals surface area contributed by atoms with Crippen LogP contribution in [0, 0.1) is 5.82 Å². The second-order valence-electron chi connectivity index (χ2n) is 2.90. The van der Waals surface area contributed by atoms with Gasteiger partial charge in [-0.25, -0.2) is 14.4 Å². The molecule has 5 heteroatoms. The zero-order chi connectivity index (χ0) is 10.5. The van der Waals surface area contributed by atoms with Crippen molar-refractivity contribution in [3.63, 3.8) is 0 Å². The third-order valence-corrected chi connectivity index (χ3v) is 1.77. The Morgan fingerprint density at radius 3 is 2.60 bits per heavy atom. The van der Waals surface area contributed by atoms with Crippen LogP contribution >= 0.6 is 0 Å². The molecule has 2 aromatic rings. The van der Waals surface area contributed by atoms with Gasteiger partial charge >= 0.3 is 0 Å². The molecule has 0 aliphatic carbocycles. The molecule has 0 fully saturated rings. The van der Waals surface area contributed by atoms with Crippen molar-refractivity contribution in [3.05, 3.63) is 48.3 Å². The van der Waals surface area contributed by atoms with Crippen molar-refractivity contribution < 1.29 is 4.39 Å². The van der Waals surface area contributed by atoms with Crippen LogP contribution in [0.2, 0.25) is 0 Å². The molecule has 0 aliphatic rings. The number of nitrogens with zero attached hydrogens (tertiary/aromatic N) is 3. The molecule has 4 nitrogen and oxygen atoms in total. The Morgan fingerprint density at radius 1 is 1.13 bits per heavy atom. The summed E-state index contributed by atoms with van der Waals surface area (Å²) < 4.78 is 12.5. The Hall–Kier alpha value is -2.04. The van der Waals surface area contributed by atoms with Crippen LogP contribution in [0.3, 0.4) is 0 Å². The zero-order valence-electron chi connectivity index (χ0n) is 7.89. The highest BCUT2D eigenvalue weighted by Gasteiger charge is 1.97. The van der Waals surface area contributed by atoms with Crippen LogP contribution in [0.5, 0.6) is 0 Å². The van der Waals surface area contributed by atoms with Crippen LogP contribution in [0.1, 0.15) is 5.69 Å². The highest BCUT2D eigenvalue weighted by molar-refractivity contribution is 5.24. The van der Waals surface area contributed by atoms with Gasteiger partial charge in [0.15, 0.2) is 5.82 Å². The molecule has 0 atom stereocenters. The fourth-order valence-corrected chi connectivity index (χ4v) is 1.08. The van der Waals surface area contributed by atoms with Crippen molar-refractivity contribution in [3.8, 4) is 0 Å². The van der Waals surface area contributed by atoms with E-state index in [0.717, 1.165) is 18.1 Å². The smallest absolute Gasteiger partial charge is 0.223 e. The Labute approximate surface area is 86.2 Å². The van der Waals surface area contributed by atoms with E-state index in [1.54, 1.807) is 6.20 Å². The summed E-state index contributed by atoms with van der Waals surface area (Å²) in [5, 5.41) is 2.94. The van der Waals surface area contributed by atoms with Gasteiger partial charge in [-0.3, -0.25) is 4.98 Å². The van der Waals surface area contributed by atoms with Gasteiger partial charge in [-0.15, -0.1) is 0 Å². The van der Waals surface area contributed by atoms with Crippen molar-refractivity contribution in [2.75, 3.05) is 5.32 Å². The van der Waals surface area contributed by atoms with Gasteiger partial charge in [-0.2, -0.15) is 0 Å². The molecule has 2 aromatic heterocycles. The summed E-state index contributed by atoms with van der Waals surface area (Å²) in [4.78, 5) is 11.7. The van der Waals surface area contributed by atoms with Gasteiger partial charge in [0.2, 0.25) is 5.95 Å². The Balaban J connectivity index is 1.96. The fourth-order valence-electron chi connectivity index (χ4n) is 1.08. The summed E-state index contributed by atoms with van der Waals surface area (Å²) in [5.74, 6) is -0.0551. The van der Waals surface area contributed by atoms with E-state index < -0.39 is 5.82 Å². The van der Waals surface area contributed by atoms with Crippen LogP contribution in [0.4, 0.5) is 10.3 Å². The largest absolute Gasteiger partial charge is 0.349 e. The lowest BCUT2D eigenvalue weighted by Crippen LogP contribution is -2.04. The van der Waals surface area contributed by atoms with Crippen LogP contribution in [-0.2, 0) is 6.54 Å². The molecular formula is C10H9FN4. The zero-order valence-corrected chi connectivity index (χ0v) is 7.89. The summed E-state index contributed by atoms with van der Waals surface area (Å²) >= 11 is 0. The molecule has 1 N–H and O–H groups in total. The van der Waals surface area contributed by atoms with Gasteiger partial charge in [0, 0.05) is 6.20 Å². The lowest BCUT2D eigenvalue weighted by Gasteiger charge is -2.02. The molecule has 0 unspecified atom stereocenters. The van der Waals surface area contributed by atoms with Crippen LogP contribution in [-0.4, -0.2) is 15.0 Å². The maximum Gasteiger partial charge on any atom is 0.223 e. The highest BCUT2D eigenvalue weighted by atomic mass is 19.1. The first-order valence-electron chi connectivity index (χ1n) is 4.46. The average Bonchev–Trinajstić information content (AvgIpc) is 2.30. The van der Waals surface area contributed by atoms with E-state index in [1.807, 2.05) is 18.2 Å². The first-order chi connectivity index (χ1) is 7.34. The molecule has 0 bridgehead atoms. The molecule has 2 rings (SSSR count). The van der Waals surface area contributed by atoms with Crippen molar-refractivity contribution >= 4 is 5.95 Å². The first-order valence-corrected chi connectivity index (χ1v) is 4.46. The van der Waals surface area contributed by atoms with Crippen molar-refractivity contribution in [1.29, 1.82) is 0 Å². The summed E-state index contributed by atoms with van der Waals surface area (Å²) in [6, 6.07) is 5.63. The summed E-state index contributed by atoms with van der Waals surface area (Å²) in [6.07, 6.45) is 3.95. The molecule has 0 spiro atoms. The third kappa shape index (κ3) is 2.70. The fraction of sp³-hybridized carbons (Fsp3) is 0.100. The van der Waals surface area contributed by atoms with Gasteiger partial charge in [0.1, 0.15) is 0 Å². The second-order valence-corrected chi connectivity index (χ2v) is 2.90. The number of rotatable bonds is 3. The van der Waals surface area contributed by atoms with Crippen LogP contribution < -0.4 is 5.32 Å². The van der Waals surface area contributed by atoms with E-state index >= 15 is 0 Å². The highest BCUT2D eigenvalue weighted by Crippen LogP contribution is 2.01. The van der Waals surface area contributed by atoms with Gasteiger partial charge < -0.3 is 5.32 Å². The monoisotopic (exact) mass is 204 g/mol. The number of halogens is 1. The summed E-state index contributed by atoms with van der Waals surface area (Å²) in [5.41, 5.74) is 0.880. The van der Waals surface area contributed by atoms with E-state index in [1.165, 1.54) is 0 Å². The third-order valence-electron chi connectivity index (χ3n) is 1.77. The number of hydrogen-bond donors (Lipinski definition) is 1. The number of anilines is 1. The average molecular weight is 204 g/mol. The SMILES string of the molecule is Fc1cnc(NCc2ccccn2)nc1. The number of nitrogens with one attached hydrogen (secondary N) is 1. The van der Waals surface area contributed by atoms with E-state index in [4.69, 9.17) is 0 Å². The maximum absolute atomic E-state index is 12.5. The van der Waals surface area contributed by atoms with Gasteiger partial charge in [-0.05, 0) is 12.1 Å². The minimum atomic E-state index is -0.446. The number of hydrogen-bond acceptors (Lipinski definition) is 4. The normalized spacial score (nSPS) is 9.93. The molecule has 15 heavy (non-hydrogen) atoms. The number of aromatic nitrogens is 3. The van der Waals surface area contributed by atoms with Gasteiger partial charge in [0.05, 0.1) is 24.6 Å². The predicted molar refractivity (Wildman–Crippen MR) is 53.6 cm³/mol. The van der Waals surface area contributed by atoms with Crippen LogP contribution in [0.15, 0.2) is 36.8 Å². The van der Waals surface area contributed by atoms with E-state index in [-0.39, 0.29) is 0 Å². The molecule has 2 heterocycles. The molecule has 0 aliphatic heterocycles. The van der Waals surface area contributed by atoms with Crippen molar-refractivity contribution in [2.45, 2.75) is 6.54 Å². The minimum absolute atomic E-state index is 0.391. The molecular weight excluding hydrogens is 195 g/mol. The topological polar surface area (TPSA) is 50.7 Å². The minimum Gasteiger partial charge on any atom is -0.349 e. The predicted octanol–water partition coefficient (Wildman–Crippen LogP) is 1.62. The summed E-state index contributed by atoms with van der Waals surface area (Å²) in [6.45, 7) is 0.520. The Kier molecular flexibility index (Phi) is 2.82. The quantitative estimate of drug-likeness (QED) is 0.825. The first kappa shape index (κ1) is 9.51. The Bertz CT molecular complexity index is 415. The Morgan fingerprint density at radius 2 is 1.93 bits per heavy atom. The molecule has 0 amide bonds. The van der Waals surface area contributed by atoms with Gasteiger partial charge in [-0.1, -0.05) is 6.07 Å². The maximum atomic E-state index is 12.5. The van der Waals surface area contributed by atoms with Gasteiger partial charge in [0.25, 0.3) is 0 Å². The van der Waals surface area contributed by atoms with Crippen molar-refractivity contribution in [2.24, 2.45) is 0 Å². The van der Waals surface area contributed by atoms with E-state index in [2.05, 4.69) is 20.3 Å². The van der Waals surface area contributed by atoms with E-state index in [9.17, 15) is 4.39 Å². The molecule has 0 radical (unpaired) electrons. The molecule has 76 valence electrons. The van der Waals surface area contributed by atoms with Crippen LogP contribution in [0.25, 0.3) is 0 Å².